The number of fused-ring (bicyclic) bond motifs is 5. The molecule has 0 bridgehead atoms. The van der Waals surface area contributed by atoms with Gasteiger partial charge in [0.1, 0.15) is 28.9 Å². The molecular weight excluding hydrogens is 425 g/mol. The average Bonchev–Trinajstić information content (AvgIpc) is 3.19. The highest BCUT2D eigenvalue weighted by Crippen LogP contribution is 2.42. The Bertz CT molecular complexity index is 1240. The standard InChI is InChI=1S/C19H16F5N5O2/c1-18-7-31-4-3-11(18)26-17-25-6-9-14(27-28(2)16(9)29(17)18)8-5-10(19(22,23)24)13(21)15(30)12(8)20/h5-6,11,30H,3-4,7H2,1-2H3/p+1. The average molecular weight is 442 g/mol. The van der Waals surface area contributed by atoms with Crippen molar-refractivity contribution in [3.05, 3.63) is 29.5 Å². The molecule has 0 spiro atoms. The number of benzene rings is 1. The summed E-state index contributed by atoms with van der Waals surface area (Å²) in [5.74, 6) is -4.78. The molecule has 0 amide bonds. The van der Waals surface area contributed by atoms with Crippen molar-refractivity contribution in [2.45, 2.75) is 31.1 Å². The number of nitrogens with zero attached hydrogens (tertiary/aromatic N) is 4. The number of ether oxygens (including phenoxy) is 1. The van der Waals surface area contributed by atoms with Gasteiger partial charge in [-0.3, -0.25) is 5.32 Å². The van der Waals surface area contributed by atoms with Gasteiger partial charge >= 0.3 is 12.1 Å². The van der Waals surface area contributed by atoms with E-state index in [1.165, 1.54) is 10.9 Å². The van der Waals surface area contributed by atoms with E-state index in [0.717, 1.165) is 6.42 Å². The Kier molecular flexibility index (Phi) is 4.01. The summed E-state index contributed by atoms with van der Waals surface area (Å²) in [6, 6.07) is 0.331. The van der Waals surface area contributed by atoms with Crippen LogP contribution in [0, 0.1) is 11.6 Å². The van der Waals surface area contributed by atoms with E-state index in [1.807, 2.05) is 11.5 Å². The van der Waals surface area contributed by atoms with Crippen LogP contribution < -0.4 is 9.88 Å². The fraction of sp³-hybridized carbons (Fsp3) is 0.421. The van der Waals surface area contributed by atoms with Gasteiger partial charge in [-0.25, -0.2) is 13.3 Å². The zero-order valence-corrected chi connectivity index (χ0v) is 16.4. The van der Waals surface area contributed by atoms with Crippen LogP contribution in [-0.4, -0.2) is 39.1 Å². The minimum Gasteiger partial charge on any atom is -0.503 e. The van der Waals surface area contributed by atoms with E-state index in [2.05, 4.69) is 15.4 Å². The number of aromatic hydroxyl groups is 1. The van der Waals surface area contributed by atoms with Gasteiger partial charge in [-0.15, -0.1) is 10.1 Å². The summed E-state index contributed by atoms with van der Waals surface area (Å²) in [5, 5.41) is 17.5. The van der Waals surface area contributed by atoms with Crippen LogP contribution in [0.25, 0.3) is 22.3 Å². The highest BCUT2D eigenvalue weighted by atomic mass is 19.4. The third-order valence-electron chi connectivity index (χ3n) is 6.04. The maximum Gasteiger partial charge on any atom is 0.419 e. The van der Waals surface area contributed by atoms with E-state index >= 15 is 0 Å². The van der Waals surface area contributed by atoms with Crippen molar-refractivity contribution >= 4 is 17.0 Å². The molecule has 2 aliphatic heterocycles. The van der Waals surface area contributed by atoms with Crippen LogP contribution in [0.2, 0.25) is 0 Å². The smallest absolute Gasteiger partial charge is 0.419 e. The monoisotopic (exact) mass is 442 g/mol. The van der Waals surface area contributed by atoms with Gasteiger partial charge in [-0.05, 0) is 13.0 Å². The Morgan fingerprint density at radius 2 is 2.06 bits per heavy atom. The lowest BCUT2D eigenvalue weighted by Crippen LogP contribution is -2.62. The van der Waals surface area contributed by atoms with Gasteiger partial charge in [-0.1, -0.05) is 0 Å². The number of rotatable bonds is 1. The van der Waals surface area contributed by atoms with Crippen LogP contribution in [0.1, 0.15) is 18.9 Å². The summed E-state index contributed by atoms with van der Waals surface area (Å²) in [6.45, 7) is 2.90. The molecule has 7 nitrogen and oxygen atoms in total. The molecule has 31 heavy (non-hydrogen) atoms. The molecule has 4 heterocycles. The number of phenols is 1. The second kappa shape index (κ2) is 6.25. The molecule has 0 aliphatic carbocycles. The fourth-order valence-electron chi connectivity index (χ4n) is 4.48. The number of halogens is 5. The Hall–Kier alpha value is -3.02. The van der Waals surface area contributed by atoms with E-state index in [-0.39, 0.29) is 17.1 Å². The molecule has 0 radical (unpaired) electrons. The molecule has 2 aromatic heterocycles. The Morgan fingerprint density at radius 3 is 2.77 bits per heavy atom. The molecule has 5 rings (SSSR count). The van der Waals surface area contributed by atoms with Gasteiger partial charge in [0.15, 0.2) is 17.4 Å². The number of nitrogens with one attached hydrogen (secondary N) is 1. The number of aryl methyl sites for hydroxylation is 1. The molecule has 3 aromatic rings. The van der Waals surface area contributed by atoms with E-state index in [1.54, 1.807) is 7.05 Å². The number of hydrogen-bond acceptors (Lipinski definition) is 5. The van der Waals surface area contributed by atoms with Crippen molar-refractivity contribution in [2.24, 2.45) is 7.05 Å². The molecule has 1 aromatic carbocycles. The second-order valence-corrected chi connectivity index (χ2v) is 7.97. The number of aromatic nitrogens is 4. The minimum absolute atomic E-state index is 0.0149. The zero-order chi connectivity index (χ0) is 22.3. The van der Waals surface area contributed by atoms with E-state index in [0.29, 0.717) is 30.9 Å². The van der Waals surface area contributed by atoms with Gasteiger partial charge in [-0.2, -0.15) is 17.9 Å². The van der Waals surface area contributed by atoms with Crippen LogP contribution in [0.3, 0.4) is 0 Å². The molecular formula is C19H17F5N5O2+. The zero-order valence-electron chi connectivity index (χ0n) is 16.4. The van der Waals surface area contributed by atoms with Crippen LogP contribution in [-0.2, 0) is 23.5 Å². The molecule has 2 atom stereocenters. The quantitative estimate of drug-likeness (QED) is 0.448. The second-order valence-electron chi connectivity index (χ2n) is 7.97. The Morgan fingerprint density at radius 1 is 1.32 bits per heavy atom. The lowest BCUT2D eigenvalue weighted by atomic mass is 9.90. The topological polar surface area (TPSA) is 76.1 Å². The van der Waals surface area contributed by atoms with Crippen LogP contribution in [0.15, 0.2) is 12.3 Å². The molecule has 12 heteroatoms. The molecule has 0 saturated carbocycles. The summed E-state index contributed by atoms with van der Waals surface area (Å²) < 4.78 is 77.3. The lowest BCUT2D eigenvalue weighted by Gasteiger charge is -2.33. The Labute approximate surface area is 172 Å². The molecule has 1 saturated heterocycles. The summed E-state index contributed by atoms with van der Waals surface area (Å²) in [4.78, 5) is 4.36. The van der Waals surface area contributed by atoms with Crippen molar-refractivity contribution in [1.82, 2.24) is 14.8 Å². The number of alkyl halides is 3. The highest BCUT2D eigenvalue weighted by Gasteiger charge is 2.52. The lowest BCUT2D eigenvalue weighted by molar-refractivity contribution is -0.725. The van der Waals surface area contributed by atoms with Gasteiger partial charge in [0.25, 0.3) is 0 Å². The van der Waals surface area contributed by atoms with E-state index in [4.69, 9.17) is 4.74 Å². The summed E-state index contributed by atoms with van der Waals surface area (Å²) in [6.07, 6.45) is -3.04. The first kappa shape index (κ1) is 19.9. The van der Waals surface area contributed by atoms with Crippen LogP contribution in [0.4, 0.5) is 27.9 Å². The predicted molar refractivity (Wildman–Crippen MR) is 97.2 cm³/mol. The maximum absolute atomic E-state index is 14.7. The minimum atomic E-state index is -5.13. The predicted octanol–water partition coefficient (Wildman–Crippen LogP) is 2.86. The van der Waals surface area contributed by atoms with Crippen molar-refractivity contribution in [3.63, 3.8) is 0 Å². The highest BCUT2D eigenvalue weighted by molar-refractivity contribution is 5.90. The molecule has 2 N–H and O–H groups in total. The molecule has 164 valence electrons. The van der Waals surface area contributed by atoms with Crippen molar-refractivity contribution in [1.29, 1.82) is 0 Å². The van der Waals surface area contributed by atoms with Gasteiger partial charge < -0.3 is 9.84 Å². The van der Waals surface area contributed by atoms with Crippen molar-refractivity contribution in [2.75, 3.05) is 18.5 Å². The SMILES string of the molecule is Cn1nc(-c2cc(C(F)(F)F)c(F)c(O)c2F)c2cnc3[n+](c21)C1(C)COCCC1N3. The normalized spacial score (nSPS) is 23.0. The largest absolute Gasteiger partial charge is 0.503 e. The summed E-state index contributed by atoms with van der Waals surface area (Å²) in [5.41, 5.74) is -2.73. The van der Waals surface area contributed by atoms with Crippen molar-refractivity contribution in [3.8, 4) is 17.0 Å². The first-order valence-corrected chi connectivity index (χ1v) is 9.45. The van der Waals surface area contributed by atoms with E-state index in [9.17, 15) is 27.1 Å². The first-order valence-electron chi connectivity index (χ1n) is 9.45. The summed E-state index contributed by atoms with van der Waals surface area (Å²) >= 11 is 0. The number of hydrogen-bond donors (Lipinski definition) is 2. The third-order valence-corrected chi connectivity index (χ3v) is 6.04. The van der Waals surface area contributed by atoms with E-state index < -0.39 is 40.2 Å². The molecule has 2 unspecified atom stereocenters. The first-order chi connectivity index (χ1) is 14.5. The Balaban J connectivity index is 1.79. The fourth-order valence-corrected chi connectivity index (χ4v) is 4.48. The van der Waals surface area contributed by atoms with Gasteiger partial charge in [0.2, 0.25) is 5.65 Å². The third kappa shape index (κ3) is 2.63. The van der Waals surface area contributed by atoms with Crippen LogP contribution in [0.5, 0.6) is 5.75 Å². The molecule has 1 fully saturated rings. The van der Waals surface area contributed by atoms with Crippen molar-refractivity contribution < 1.29 is 36.4 Å². The van der Waals surface area contributed by atoms with Gasteiger partial charge in [0.05, 0.1) is 19.2 Å². The van der Waals surface area contributed by atoms with Gasteiger partial charge in [0, 0.05) is 18.6 Å². The maximum atomic E-state index is 14.7. The number of anilines is 1. The summed E-state index contributed by atoms with van der Waals surface area (Å²) in [7, 11) is 1.56. The number of phenolic OH excluding ortho intramolecular Hbond substituents is 1. The molecule has 2 aliphatic rings. The van der Waals surface area contributed by atoms with Crippen LogP contribution >= 0.6 is 0 Å².